The number of rotatable bonds is 4. The van der Waals surface area contributed by atoms with Gasteiger partial charge in [0, 0.05) is 12.0 Å². The molecule has 1 aliphatic heterocycles. The van der Waals surface area contributed by atoms with Crippen LogP contribution in [0.4, 0.5) is 0 Å². The molecule has 0 amide bonds. The summed E-state index contributed by atoms with van der Waals surface area (Å²) in [6.45, 7) is 7.30. The largest absolute Gasteiger partial charge is 0.387 e. The second-order valence-electron chi connectivity index (χ2n) is 6.20. The molecule has 0 atom stereocenters. The van der Waals surface area contributed by atoms with Crippen molar-refractivity contribution in [2.75, 3.05) is 13.1 Å². The number of hydrogen-bond donors (Lipinski definition) is 2. The van der Waals surface area contributed by atoms with E-state index in [0.717, 1.165) is 26.1 Å². The topological polar surface area (TPSA) is 53.1 Å². The van der Waals surface area contributed by atoms with Crippen molar-refractivity contribution in [2.45, 2.75) is 39.7 Å². The van der Waals surface area contributed by atoms with E-state index in [4.69, 9.17) is 11.1 Å². The third kappa shape index (κ3) is 3.57. The second-order valence-corrected chi connectivity index (χ2v) is 6.20. The van der Waals surface area contributed by atoms with Gasteiger partial charge < -0.3 is 5.73 Å². The molecule has 3 nitrogen and oxygen atoms in total. The fourth-order valence-corrected chi connectivity index (χ4v) is 2.53. The molecule has 1 heterocycles. The summed E-state index contributed by atoms with van der Waals surface area (Å²) in [6.07, 6.45) is 3.35. The van der Waals surface area contributed by atoms with Gasteiger partial charge in [0.1, 0.15) is 0 Å². The van der Waals surface area contributed by atoms with E-state index in [0.29, 0.717) is 5.84 Å². The van der Waals surface area contributed by atoms with E-state index in [9.17, 15) is 0 Å². The van der Waals surface area contributed by atoms with Crippen LogP contribution in [0.2, 0.25) is 0 Å². The lowest BCUT2D eigenvalue weighted by Crippen LogP contribution is -2.35. The van der Waals surface area contributed by atoms with Gasteiger partial charge in [0.25, 0.3) is 0 Å². The van der Waals surface area contributed by atoms with Crippen molar-refractivity contribution in [1.29, 1.82) is 5.41 Å². The number of fused-ring (bicyclic) bond motifs is 1. The van der Waals surface area contributed by atoms with E-state index in [1.807, 2.05) is 0 Å². The number of nitrogens with two attached hydrogens (primary N) is 1. The van der Waals surface area contributed by atoms with E-state index >= 15 is 0 Å². The van der Waals surface area contributed by atoms with Gasteiger partial charge in [-0.1, -0.05) is 38.1 Å². The highest BCUT2D eigenvalue weighted by Crippen LogP contribution is 2.23. The minimum absolute atomic E-state index is 0.189. The van der Waals surface area contributed by atoms with Crippen LogP contribution < -0.4 is 5.73 Å². The van der Waals surface area contributed by atoms with Crippen LogP contribution in [0.1, 0.15) is 37.8 Å². The predicted molar refractivity (Wildman–Crippen MR) is 80.4 cm³/mol. The van der Waals surface area contributed by atoms with Crippen molar-refractivity contribution < 1.29 is 0 Å². The fourth-order valence-electron chi connectivity index (χ4n) is 2.53. The maximum absolute atomic E-state index is 7.63. The zero-order valence-corrected chi connectivity index (χ0v) is 12.1. The highest BCUT2D eigenvalue weighted by Gasteiger charge is 2.23. The van der Waals surface area contributed by atoms with Crippen LogP contribution in [0.25, 0.3) is 0 Å². The van der Waals surface area contributed by atoms with Crippen LogP contribution in [0, 0.1) is 10.8 Å². The lowest BCUT2D eigenvalue weighted by Gasteiger charge is -2.28. The van der Waals surface area contributed by atoms with Gasteiger partial charge in [-0.05, 0) is 43.5 Å². The minimum Gasteiger partial charge on any atom is -0.387 e. The predicted octanol–water partition coefficient (Wildman–Crippen LogP) is 2.79. The zero-order valence-electron chi connectivity index (χ0n) is 12.1. The molecule has 0 bridgehead atoms. The number of nitrogens with one attached hydrogen (secondary N) is 1. The fraction of sp³-hybridized carbons (Fsp3) is 0.562. The molecule has 1 aromatic rings. The monoisotopic (exact) mass is 259 g/mol. The van der Waals surface area contributed by atoms with E-state index in [-0.39, 0.29) is 5.41 Å². The Bertz CT molecular complexity index is 451. The minimum atomic E-state index is -0.189. The first-order valence-electron chi connectivity index (χ1n) is 7.13. The van der Waals surface area contributed by atoms with E-state index < -0.39 is 0 Å². The molecular weight excluding hydrogens is 234 g/mol. The van der Waals surface area contributed by atoms with Gasteiger partial charge in [-0.2, -0.15) is 0 Å². The van der Waals surface area contributed by atoms with Gasteiger partial charge in [-0.15, -0.1) is 0 Å². The summed E-state index contributed by atoms with van der Waals surface area (Å²) in [4.78, 5) is 2.50. The van der Waals surface area contributed by atoms with Crippen molar-refractivity contribution in [1.82, 2.24) is 4.90 Å². The highest BCUT2D eigenvalue weighted by atomic mass is 15.1. The van der Waals surface area contributed by atoms with Crippen molar-refractivity contribution >= 4 is 5.84 Å². The molecule has 0 unspecified atom stereocenters. The van der Waals surface area contributed by atoms with Crippen molar-refractivity contribution in [2.24, 2.45) is 11.1 Å². The van der Waals surface area contributed by atoms with Crippen molar-refractivity contribution in [3.8, 4) is 0 Å². The SMILES string of the molecule is CC(C)(CCN1CCCc2ccccc2C1)C(=N)N. The first-order valence-corrected chi connectivity index (χ1v) is 7.13. The van der Waals surface area contributed by atoms with Crippen LogP contribution in [-0.4, -0.2) is 23.8 Å². The Kier molecular flexibility index (Phi) is 4.25. The molecule has 2 rings (SSSR count). The Hall–Kier alpha value is -1.35. The molecule has 0 radical (unpaired) electrons. The van der Waals surface area contributed by atoms with Crippen LogP contribution in [0.15, 0.2) is 24.3 Å². The van der Waals surface area contributed by atoms with Crippen LogP contribution in [0.3, 0.4) is 0 Å². The molecule has 19 heavy (non-hydrogen) atoms. The number of amidine groups is 1. The normalized spacial score (nSPS) is 16.7. The number of benzene rings is 1. The van der Waals surface area contributed by atoms with Gasteiger partial charge in [0.2, 0.25) is 0 Å². The van der Waals surface area contributed by atoms with Crippen LogP contribution >= 0.6 is 0 Å². The summed E-state index contributed by atoms with van der Waals surface area (Å²) in [5.74, 6) is 0.294. The van der Waals surface area contributed by atoms with E-state index in [1.54, 1.807) is 0 Å². The number of hydrogen-bond acceptors (Lipinski definition) is 2. The average Bonchev–Trinajstić information content (AvgIpc) is 2.58. The van der Waals surface area contributed by atoms with Crippen LogP contribution in [-0.2, 0) is 13.0 Å². The standard InChI is InChI=1S/C16H25N3/c1-16(2,15(17)18)9-11-19-10-5-8-13-6-3-4-7-14(13)12-19/h3-4,6-7H,5,8-12H2,1-2H3,(H3,17,18). The summed E-state index contributed by atoms with van der Waals surface area (Å²) in [6, 6.07) is 8.75. The zero-order chi connectivity index (χ0) is 13.9. The van der Waals surface area contributed by atoms with Crippen molar-refractivity contribution in [3.05, 3.63) is 35.4 Å². The molecule has 0 aliphatic carbocycles. The average molecular weight is 259 g/mol. The van der Waals surface area contributed by atoms with Gasteiger partial charge >= 0.3 is 0 Å². The quantitative estimate of drug-likeness (QED) is 0.645. The summed E-state index contributed by atoms with van der Waals surface area (Å²) >= 11 is 0. The van der Waals surface area contributed by atoms with Crippen molar-refractivity contribution in [3.63, 3.8) is 0 Å². The lowest BCUT2D eigenvalue weighted by atomic mass is 9.88. The molecule has 3 heteroatoms. The molecule has 3 N–H and O–H groups in total. The molecule has 0 saturated heterocycles. The summed E-state index contributed by atoms with van der Waals surface area (Å²) < 4.78 is 0. The molecule has 104 valence electrons. The molecular formula is C16H25N3. The second kappa shape index (κ2) is 5.74. The third-order valence-electron chi connectivity index (χ3n) is 4.21. The Balaban J connectivity index is 1.98. The highest BCUT2D eigenvalue weighted by molar-refractivity contribution is 5.82. The molecule has 0 fully saturated rings. The summed E-state index contributed by atoms with van der Waals surface area (Å²) in [5.41, 5.74) is 8.42. The first-order chi connectivity index (χ1) is 8.99. The van der Waals surface area contributed by atoms with Gasteiger partial charge in [-0.3, -0.25) is 10.3 Å². The molecule has 0 aromatic heterocycles. The Labute approximate surface area is 116 Å². The Morgan fingerprint density at radius 3 is 2.68 bits per heavy atom. The Morgan fingerprint density at radius 2 is 2.00 bits per heavy atom. The lowest BCUT2D eigenvalue weighted by molar-refractivity contribution is 0.240. The van der Waals surface area contributed by atoms with Gasteiger partial charge in [-0.25, -0.2) is 0 Å². The molecule has 1 aliphatic rings. The molecule has 0 spiro atoms. The van der Waals surface area contributed by atoms with E-state index in [1.165, 1.54) is 24.0 Å². The van der Waals surface area contributed by atoms with E-state index in [2.05, 4.69) is 43.0 Å². The maximum Gasteiger partial charge on any atom is 0.0963 e. The first kappa shape index (κ1) is 14.1. The number of nitrogens with zero attached hydrogens (tertiary/aromatic N) is 1. The van der Waals surface area contributed by atoms with Crippen LogP contribution in [0.5, 0.6) is 0 Å². The summed E-state index contributed by atoms with van der Waals surface area (Å²) in [7, 11) is 0. The molecule has 0 saturated carbocycles. The summed E-state index contributed by atoms with van der Waals surface area (Å²) in [5, 5.41) is 7.63. The Morgan fingerprint density at radius 1 is 1.32 bits per heavy atom. The third-order valence-corrected chi connectivity index (χ3v) is 4.21. The maximum atomic E-state index is 7.63. The number of aryl methyl sites for hydroxylation is 1. The van der Waals surface area contributed by atoms with Gasteiger partial charge in [0.05, 0.1) is 5.84 Å². The van der Waals surface area contributed by atoms with Gasteiger partial charge in [0.15, 0.2) is 0 Å². The molecule has 1 aromatic carbocycles. The smallest absolute Gasteiger partial charge is 0.0963 e.